The lowest BCUT2D eigenvalue weighted by molar-refractivity contribution is -0.142. The normalized spacial score (nSPS) is 15.1. The molecule has 0 saturated carbocycles. The summed E-state index contributed by atoms with van der Waals surface area (Å²) in [5, 5.41) is 2.09. The van der Waals surface area contributed by atoms with E-state index in [0.717, 1.165) is 28.9 Å². The molecule has 0 spiro atoms. The Hall–Kier alpha value is -3.12. The Balaban J connectivity index is 1.50. The van der Waals surface area contributed by atoms with Crippen molar-refractivity contribution in [3.63, 3.8) is 0 Å². The number of aryl methyl sites for hydroxylation is 1. The molecule has 5 nitrogen and oxygen atoms in total. The van der Waals surface area contributed by atoms with E-state index in [9.17, 15) is 9.59 Å². The zero-order valence-electron chi connectivity index (χ0n) is 20.8. The topological polar surface area (TPSA) is 49.9 Å². The molecule has 6 heteroatoms. The highest BCUT2D eigenvalue weighted by Crippen LogP contribution is 2.34. The second-order valence-electron chi connectivity index (χ2n) is 9.56. The number of benzene rings is 2. The molecule has 0 bridgehead atoms. The van der Waals surface area contributed by atoms with Gasteiger partial charge in [-0.2, -0.15) is 0 Å². The number of nitrogens with zero attached hydrogens (tertiary/aromatic N) is 2. The summed E-state index contributed by atoms with van der Waals surface area (Å²) in [6.45, 7) is 7.84. The minimum absolute atomic E-state index is 0.0146. The van der Waals surface area contributed by atoms with Crippen LogP contribution >= 0.6 is 11.3 Å². The Morgan fingerprint density at radius 1 is 1.09 bits per heavy atom. The molecule has 1 atom stereocenters. The van der Waals surface area contributed by atoms with E-state index in [-0.39, 0.29) is 30.3 Å². The average Bonchev–Trinajstić information content (AvgIpc) is 3.32. The van der Waals surface area contributed by atoms with Crippen molar-refractivity contribution in [2.24, 2.45) is 5.92 Å². The van der Waals surface area contributed by atoms with E-state index in [0.29, 0.717) is 26.1 Å². The molecule has 2 heterocycles. The van der Waals surface area contributed by atoms with Gasteiger partial charge in [0, 0.05) is 18.0 Å². The van der Waals surface area contributed by atoms with Gasteiger partial charge in [0.15, 0.2) is 0 Å². The number of thiophene rings is 1. The van der Waals surface area contributed by atoms with Crippen LogP contribution in [0.15, 0.2) is 66.0 Å². The summed E-state index contributed by atoms with van der Waals surface area (Å²) in [5.41, 5.74) is 3.19. The summed E-state index contributed by atoms with van der Waals surface area (Å²) in [6, 6.07) is 19.6. The minimum Gasteiger partial charge on any atom is -0.491 e. The number of hydrogen-bond acceptors (Lipinski definition) is 4. The van der Waals surface area contributed by atoms with E-state index in [1.165, 1.54) is 4.88 Å². The Morgan fingerprint density at radius 3 is 2.57 bits per heavy atom. The van der Waals surface area contributed by atoms with E-state index in [2.05, 4.69) is 25.3 Å². The molecular formula is C29H34N2O3S. The molecule has 0 unspecified atom stereocenters. The van der Waals surface area contributed by atoms with Crippen LogP contribution in [0.4, 0.5) is 0 Å². The smallest absolute Gasteiger partial charge is 0.242 e. The van der Waals surface area contributed by atoms with Gasteiger partial charge in [-0.15, -0.1) is 11.3 Å². The molecule has 35 heavy (non-hydrogen) atoms. The van der Waals surface area contributed by atoms with Crippen LogP contribution < -0.4 is 4.74 Å². The van der Waals surface area contributed by atoms with Crippen molar-refractivity contribution in [3.05, 3.63) is 87.6 Å². The number of carbonyl (C=O) groups is 2. The fourth-order valence-corrected chi connectivity index (χ4v) is 5.52. The highest BCUT2D eigenvalue weighted by atomic mass is 32.1. The van der Waals surface area contributed by atoms with Crippen LogP contribution in [0.1, 0.15) is 41.5 Å². The van der Waals surface area contributed by atoms with Crippen molar-refractivity contribution in [2.45, 2.75) is 39.7 Å². The van der Waals surface area contributed by atoms with Crippen molar-refractivity contribution >= 4 is 23.2 Å². The van der Waals surface area contributed by atoms with Crippen LogP contribution in [0.3, 0.4) is 0 Å². The molecule has 0 N–H and O–H groups in total. The van der Waals surface area contributed by atoms with Gasteiger partial charge in [0.25, 0.3) is 0 Å². The van der Waals surface area contributed by atoms with E-state index in [1.54, 1.807) is 16.2 Å². The molecule has 0 radical (unpaired) electrons. The number of rotatable bonds is 9. The summed E-state index contributed by atoms with van der Waals surface area (Å²) in [5.74, 6) is 1.07. The van der Waals surface area contributed by atoms with Crippen LogP contribution in [0.2, 0.25) is 0 Å². The molecular weight excluding hydrogens is 456 g/mol. The summed E-state index contributed by atoms with van der Waals surface area (Å²) in [6.07, 6.45) is 1.14. The molecule has 2 aromatic carbocycles. The second-order valence-corrected chi connectivity index (χ2v) is 10.6. The van der Waals surface area contributed by atoms with Gasteiger partial charge in [-0.25, -0.2) is 0 Å². The Labute approximate surface area is 212 Å². The highest BCUT2D eigenvalue weighted by molar-refractivity contribution is 7.10. The van der Waals surface area contributed by atoms with Crippen molar-refractivity contribution in [1.82, 2.24) is 9.80 Å². The lowest BCUT2D eigenvalue weighted by Crippen LogP contribution is -2.48. The quantitative estimate of drug-likeness (QED) is 0.410. The first-order valence-corrected chi connectivity index (χ1v) is 13.2. The van der Waals surface area contributed by atoms with Crippen molar-refractivity contribution in [3.8, 4) is 5.75 Å². The Kier molecular flexibility index (Phi) is 8.24. The molecule has 0 aliphatic carbocycles. The first-order valence-electron chi connectivity index (χ1n) is 12.3. The molecule has 1 aliphatic heterocycles. The van der Waals surface area contributed by atoms with E-state index in [4.69, 9.17) is 4.74 Å². The summed E-state index contributed by atoms with van der Waals surface area (Å²) in [4.78, 5) is 31.8. The zero-order chi connectivity index (χ0) is 24.8. The van der Waals surface area contributed by atoms with Gasteiger partial charge >= 0.3 is 0 Å². The molecule has 3 aromatic rings. The predicted molar refractivity (Wildman–Crippen MR) is 141 cm³/mol. The second kappa shape index (κ2) is 11.5. The molecule has 1 aliphatic rings. The Bertz CT molecular complexity index is 1140. The maximum absolute atomic E-state index is 13.6. The van der Waals surface area contributed by atoms with Crippen LogP contribution in [0.5, 0.6) is 5.75 Å². The fraction of sp³-hybridized carbons (Fsp3) is 0.379. The van der Waals surface area contributed by atoms with Gasteiger partial charge in [-0.05, 0) is 53.5 Å². The zero-order valence-corrected chi connectivity index (χ0v) is 21.6. The van der Waals surface area contributed by atoms with Crippen LogP contribution in [-0.2, 0) is 22.4 Å². The van der Waals surface area contributed by atoms with Gasteiger partial charge in [-0.3, -0.25) is 9.59 Å². The van der Waals surface area contributed by atoms with Gasteiger partial charge in [0.05, 0.1) is 19.0 Å². The molecule has 0 fully saturated rings. The third kappa shape index (κ3) is 6.31. The summed E-state index contributed by atoms with van der Waals surface area (Å²) < 4.78 is 6.21. The van der Waals surface area contributed by atoms with Gasteiger partial charge in [0.1, 0.15) is 12.4 Å². The molecule has 1 aromatic heterocycles. The lowest BCUT2D eigenvalue weighted by atomic mass is 10.00. The van der Waals surface area contributed by atoms with Gasteiger partial charge in [-0.1, -0.05) is 62.4 Å². The standard InChI is InChI=1S/C29H34N2O3S/c1-21(2)18-30(28(32)17-23-10-5-4-6-11-23)19-29(33)31-15-13-27-24(14-16-35-27)25(31)20-34-26-12-8-7-9-22(26)3/h4-12,14,16,21,25H,13,15,17-20H2,1-3H3/t25-/m1/s1. The third-order valence-electron chi connectivity index (χ3n) is 6.37. The number of para-hydroxylation sites is 1. The molecule has 4 rings (SSSR count). The van der Waals surface area contributed by atoms with Crippen LogP contribution in [0.25, 0.3) is 0 Å². The third-order valence-corrected chi connectivity index (χ3v) is 7.36. The lowest BCUT2D eigenvalue weighted by Gasteiger charge is -2.37. The monoisotopic (exact) mass is 490 g/mol. The number of hydrogen-bond donors (Lipinski definition) is 0. The molecule has 0 saturated heterocycles. The van der Waals surface area contributed by atoms with Gasteiger partial charge in [0.2, 0.25) is 11.8 Å². The summed E-state index contributed by atoms with van der Waals surface area (Å²) >= 11 is 1.74. The highest BCUT2D eigenvalue weighted by Gasteiger charge is 2.33. The van der Waals surface area contributed by atoms with Crippen molar-refractivity contribution < 1.29 is 14.3 Å². The number of fused-ring (bicyclic) bond motifs is 1. The van der Waals surface area contributed by atoms with Crippen molar-refractivity contribution in [2.75, 3.05) is 26.2 Å². The molecule has 2 amide bonds. The van der Waals surface area contributed by atoms with Gasteiger partial charge < -0.3 is 14.5 Å². The number of ether oxygens (including phenoxy) is 1. The first-order chi connectivity index (χ1) is 16.9. The maximum Gasteiger partial charge on any atom is 0.242 e. The van der Waals surface area contributed by atoms with Crippen molar-refractivity contribution in [1.29, 1.82) is 0 Å². The fourth-order valence-electron chi connectivity index (χ4n) is 4.59. The summed E-state index contributed by atoms with van der Waals surface area (Å²) in [7, 11) is 0. The van der Waals surface area contributed by atoms with E-state index >= 15 is 0 Å². The van der Waals surface area contributed by atoms with E-state index < -0.39 is 0 Å². The Morgan fingerprint density at radius 2 is 1.83 bits per heavy atom. The molecule has 184 valence electrons. The largest absolute Gasteiger partial charge is 0.491 e. The predicted octanol–water partition coefficient (Wildman–Crippen LogP) is 5.29. The van der Waals surface area contributed by atoms with Crippen LogP contribution in [-0.4, -0.2) is 47.9 Å². The number of amides is 2. The van der Waals surface area contributed by atoms with Crippen LogP contribution in [0, 0.1) is 12.8 Å². The first kappa shape index (κ1) is 25.0. The number of carbonyl (C=O) groups excluding carboxylic acids is 2. The van der Waals surface area contributed by atoms with E-state index in [1.807, 2.05) is 66.4 Å². The maximum atomic E-state index is 13.6. The SMILES string of the molecule is Cc1ccccc1OC[C@@H]1c2ccsc2CCN1C(=O)CN(CC(C)C)C(=O)Cc1ccccc1. The minimum atomic E-state index is -0.165. The average molecular weight is 491 g/mol.